The largest absolute Gasteiger partial charge is 0.493 e. The molecule has 0 bridgehead atoms. The number of hydrogen-bond acceptors (Lipinski definition) is 7. The highest BCUT2D eigenvalue weighted by Crippen LogP contribution is 2.39. The van der Waals surface area contributed by atoms with Gasteiger partial charge in [-0.2, -0.15) is 0 Å². The highest BCUT2D eigenvalue weighted by molar-refractivity contribution is 7.14. The van der Waals surface area contributed by atoms with Gasteiger partial charge in [0.1, 0.15) is 0 Å². The molecule has 0 spiro atoms. The molecule has 0 saturated heterocycles. The number of nitrogens with one attached hydrogen (secondary N) is 2. The average Bonchev–Trinajstić information content (AvgIpc) is 3.24. The van der Waals surface area contributed by atoms with E-state index in [1.165, 1.54) is 32.7 Å². The average molecular weight is 442 g/mol. The third-order valence-electron chi connectivity index (χ3n) is 4.36. The van der Waals surface area contributed by atoms with Crippen molar-refractivity contribution in [2.45, 2.75) is 12.8 Å². The molecule has 1 aromatic heterocycles. The van der Waals surface area contributed by atoms with Crippen molar-refractivity contribution in [3.8, 4) is 17.2 Å². The first-order valence-corrected chi connectivity index (χ1v) is 10.3. The number of anilines is 2. The summed E-state index contributed by atoms with van der Waals surface area (Å²) in [4.78, 5) is 29.0. The highest BCUT2D eigenvalue weighted by Gasteiger charge is 2.15. The van der Waals surface area contributed by atoms with Crippen LogP contribution in [0.15, 0.2) is 47.8 Å². The molecular formula is C22H23N3O5S. The van der Waals surface area contributed by atoms with E-state index in [2.05, 4.69) is 15.6 Å². The maximum absolute atomic E-state index is 12.4. The van der Waals surface area contributed by atoms with Crippen LogP contribution in [0.4, 0.5) is 10.8 Å². The zero-order valence-electron chi connectivity index (χ0n) is 17.4. The summed E-state index contributed by atoms with van der Waals surface area (Å²) in [7, 11) is 4.54. The molecule has 31 heavy (non-hydrogen) atoms. The smallest absolute Gasteiger partial charge is 0.257 e. The number of carbonyl (C=O) groups is 2. The molecule has 8 nitrogen and oxygen atoms in total. The molecule has 0 atom stereocenters. The van der Waals surface area contributed by atoms with E-state index in [-0.39, 0.29) is 18.2 Å². The maximum atomic E-state index is 12.4. The van der Waals surface area contributed by atoms with Crippen LogP contribution in [0, 0.1) is 0 Å². The lowest BCUT2D eigenvalue weighted by molar-refractivity contribution is -0.116. The van der Waals surface area contributed by atoms with Crippen molar-refractivity contribution in [2.75, 3.05) is 32.0 Å². The number of nitrogens with zero attached hydrogens (tertiary/aromatic N) is 1. The number of carbonyl (C=O) groups excluding carboxylic acids is 2. The quantitative estimate of drug-likeness (QED) is 0.521. The Morgan fingerprint density at radius 3 is 2.26 bits per heavy atom. The molecule has 2 N–H and O–H groups in total. The third-order valence-corrected chi connectivity index (χ3v) is 5.17. The van der Waals surface area contributed by atoms with Crippen LogP contribution in [-0.2, 0) is 11.2 Å². The summed E-state index contributed by atoms with van der Waals surface area (Å²) in [5.41, 5.74) is 1.82. The van der Waals surface area contributed by atoms with Gasteiger partial charge in [0.15, 0.2) is 16.6 Å². The van der Waals surface area contributed by atoms with Crippen molar-refractivity contribution in [1.29, 1.82) is 0 Å². The molecule has 3 rings (SSSR count). The number of benzene rings is 2. The molecule has 0 fully saturated rings. The van der Waals surface area contributed by atoms with Gasteiger partial charge >= 0.3 is 0 Å². The first-order chi connectivity index (χ1) is 15.0. The Labute approximate surface area is 184 Å². The molecular weight excluding hydrogens is 418 g/mol. The zero-order chi connectivity index (χ0) is 22.2. The van der Waals surface area contributed by atoms with Crippen molar-refractivity contribution in [1.82, 2.24) is 4.98 Å². The molecule has 9 heteroatoms. The fourth-order valence-corrected chi connectivity index (χ4v) is 3.60. The Balaban J connectivity index is 1.56. The van der Waals surface area contributed by atoms with Crippen molar-refractivity contribution < 1.29 is 23.8 Å². The second-order valence-corrected chi connectivity index (χ2v) is 7.28. The molecule has 0 aliphatic rings. The molecule has 2 amide bonds. The number of amides is 2. The molecule has 3 aromatic rings. The molecule has 1 heterocycles. The number of methoxy groups -OCH3 is 3. The summed E-state index contributed by atoms with van der Waals surface area (Å²) in [6.07, 6.45) is 0.667. The number of ether oxygens (including phenoxy) is 3. The lowest BCUT2D eigenvalue weighted by atomic mass is 10.2. The monoisotopic (exact) mass is 441 g/mol. The Morgan fingerprint density at radius 1 is 0.968 bits per heavy atom. The fraction of sp³-hybridized carbons (Fsp3) is 0.227. The van der Waals surface area contributed by atoms with E-state index in [1.807, 2.05) is 11.4 Å². The van der Waals surface area contributed by atoms with Gasteiger partial charge in [-0.15, -0.1) is 11.3 Å². The minimum Gasteiger partial charge on any atom is -0.493 e. The van der Waals surface area contributed by atoms with Gasteiger partial charge in [0, 0.05) is 35.2 Å². The standard InChI is InChI=1S/C22H23N3O5S/c1-28-17-11-16(12-18(29-2)20(17)30-3)23-19(26)10-9-15-13-31-22(24-15)25-21(27)14-7-5-4-6-8-14/h4-8,11-13H,9-10H2,1-3H3,(H,23,26)(H,24,25,27). The van der Waals surface area contributed by atoms with E-state index >= 15 is 0 Å². The summed E-state index contributed by atoms with van der Waals surface area (Å²) in [6.45, 7) is 0. The summed E-state index contributed by atoms with van der Waals surface area (Å²) in [6, 6.07) is 12.2. The molecule has 0 unspecified atom stereocenters. The number of thiazole rings is 1. The second-order valence-electron chi connectivity index (χ2n) is 6.43. The van der Waals surface area contributed by atoms with E-state index in [1.54, 1.807) is 36.4 Å². The Bertz CT molecular complexity index is 1030. The van der Waals surface area contributed by atoms with Gasteiger partial charge in [0.25, 0.3) is 5.91 Å². The minimum absolute atomic E-state index is 0.183. The summed E-state index contributed by atoms with van der Waals surface area (Å²) >= 11 is 1.32. The van der Waals surface area contributed by atoms with Crippen molar-refractivity contribution in [3.05, 3.63) is 59.1 Å². The number of aryl methyl sites for hydroxylation is 1. The van der Waals surface area contributed by atoms with Gasteiger partial charge in [-0.1, -0.05) is 18.2 Å². The van der Waals surface area contributed by atoms with Crippen molar-refractivity contribution in [3.63, 3.8) is 0 Å². The third kappa shape index (κ3) is 5.73. The van der Waals surface area contributed by atoms with E-state index in [0.717, 1.165) is 5.69 Å². The summed E-state index contributed by atoms with van der Waals surface area (Å²) < 4.78 is 15.9. The lowest BCUT2D eigenvalue weighted by Crippen LogP contribution is -2.13. The minimum atomic E-state index is -0.221. The SMILES string of the molecule is COc1cc(NC(=O)CCc2csc(NC(=O)c3ccccc3)n2)cc(OC)c1OC. The molecule has 2 aromatic carbocycles. The van der Waals surface area contributed by atoms with Gasteiger partial charge in [-0.3, -0.25) is 14.9 Å². The van der Waals surface area contributed by atoms with Gasteiger partial charge in [0.2, 0.25) is 11.7 Å². The first-order valence-electron chi connectivity index (χ1n) is 9.44. The molecule has 162 valence electrons. The number of hydrogen-bond donors (Lipinski definition) is 2. The Kier molecular flexibility index (Phi) is 7.45. The normalized spacial score (nSPS) is 10.3. The second kappa shape index (κ2) is 10.4. The predicted molar refractivity (Wildman–Crippen MR) is 120 cm³/mol. The summed E-state index contributed by atoms with van der Waals surface area (Å²) in [5, 5.41) is 7.92. The van der Waals surface area contributed by atoms with Crippen LogP contribution in [0.5, 0.6) is 17.2 Å². The van der Waals surface area contributed by atoms with Gasteiger partial charge in [-0.05, 0) is 18.6 Å². The van der Waals surface area contributed by atoms with Crippen LogP contribution >= 0.6 is 11.3 Å². The van der Waals surface area contributed by atoms with Gasteiger partial charge in [0.05, 0.1) is 27.0 Å². The van der Waals surface area contributed by atoms with Crippen LogP contribution < -0.4 is 24.8 Å². The molecule has 0 aliphatic heterocycles. The van der Waals surface area contributed by atoms with E-state index in [4.69, 9.17) is 14.2 Å². The molecule has 0 radical (unpaired) electrons. The summed E-state index contributed by atoms with van der Waals surface area (Å²) in [5.74, 6) is 0.959. The molecule has 0 aliphatic carbocycles. The fourth-order valence-electron chi connectivity index (χ4n) is 2.86. The Morgan fingerprint density at radius 2 is 1.65 bits per heavy atom. The van der Waals surface area contributed by atoms with Crippen LogP contribution in [0.2, 0.25) is 0 Å². The van der Waals surface area contributed by atoms with Crippen LogP contribution in [0.1, 0.15) is 22.5 Å². The van der Waals surface area contributed by atoms with Gasteiger partial charge in [-0.25, -0.2) is 4.98 Å². The van der Waals surface area contributed by atoms with Gasteiger partial charge < -0.3 is 19.5 Å². The van der Waals surface area contributed by atoms with Crippen molar-refractivity contribution >= 4 is 34.0 Å². The lowest BCUT2D eigenvalue weighted by Gasteiger charge is -2.14. The molecule has 0 saturated carbocycles. The maximum Gasteiger partial charge on any atom is 0.257 e. The first kappa shape index (κ1) is 22.1. The topological polar surface area (TPSA) is 98.8 Å². The van der Waals surface area contributed by atoms with E-state index in [0.29, 0.717) is 40.1 Å². The van der Waals surface area contributed by atoms with Crippen LogP contribution in [-0.4, -0.2) is 38.1 Å². The Hall–Kier alpha value is -3.59. The van der Waals surface area contributed by atoms with E-state index in [9.17, 15) is 9.59 Å². The predicted octanol–water partition coefficient (Wildman–Crippen LogP) is 3.99. The van der Waals surface area contributed by atoms with Crippen molar-refractivity contribution in [2.24, 2.45) is 0 Å². The zero-order valence-corrected chi connectivity index (χ0v) is 18.2. The highest BCUT2D eigenvalue weighted by atomic mass is 32.1. The number of rotatable bonds is 9. The number of aromatic nitrogens is 1. The van der Waals surface area contributed by atoms with E-state index < -0.39 is 0 Å². The van der Waals surface area contributed by atoms with Crippen LogP contribution in [0.25, 0.3) is 0 Å². The van der Waals surface area contributed by atoms with Crippen LogP contribution in [0.3, 0.4) is 0 Å².